The fourth-order valence-corrected chi connectivity index (χ4v) is 9.13. The van der Waals surface area contributed by atoms with E-state index in [1.165, 1.54) is 23.1 Å². The van der Waals surface area contributed by atoms with E-state index in [1.807, 2.05) is 36.5 Å². The van der Waals surface area contributed by atoms with Gasteiger partial charge in [-0.3, -0.25) is 14.4 Å². The summed E-state index contributed by atoms with van der Waals surface area (Å²) in [5.74, 6) is 0.851. The summed E-state index contributed by atoms with van der Waals surface area (Å²) < 4.78 is 28.1. The number of aromatic amines is 1. The maximum absolute atomic E-state index is 13.9. The Morgan fingerprint density at radius 1 is 1.02 bits per heavy atom. The zero-order valence-electron chi connectivity index (χ0n) is 33.8. The van der Waals surface area contributed by atoms with Crippen LogP contribution in [0.4, 0.5) is 17.1 Å². The van der Waals surface area contributed by atoms with Crippen LogP contribution in [0.2, 0.25) is 0 Å². The molecular weight excluding hydrogens is 747 g/mol. The number of carbonyl (C=O) groups excluding carboxylic acids is 1. The lowest BCUT2D eigenvalue weighted by atomic mass is 9.72. The van der Waals surface area contributed by atoms with Crippen LogP contribution >= 0.6 is 0 Å². The van der Waals surface area contributed by atoms with Gasteiger partial charge in [-0.2, -0.15) is 0 Å². The summed E-state index contributed by atoms with van der Waals surface area (Å²) in [6.07, 6.45) is 8.91. The number of anilines is 3. The van der Waals surface area contributed by atoms with Crippen LogP contribution in [0, 0.1) is 18.3 Å². The van der Waals surface area contributed by atoms with Gasteiger partial charge in [-0.05, 0) is 104 Å². The highest BCUT2D eigenvalue weighted by molar-refractivity contribution is 7.83. The number of nitrogens with one attached hydrogen (secondary N) is 3. The number of pyridine rings is 1. The molecule has 1 amide bonds. The standard InChI is InChI=1S/C46H55N7O4S/c1-31-4-6-33(7-5-31)40-27-46(2,3)16-12-35(40)30-52-18-20-53(21-19-52)36-8-10-39(43(25-36)57-37-24-34-13-17-48-44(34)50-29-37)45(54)51-58(55)38-9-11-42(41(47)26-38)49-28-32-14-22-56-23-15-32/h4-11,13,17,24-26,29,32,49H,12,14-16,18-23,27-28,30,47H2,1-3H3,(H,48,50)(H,51,54). The lowest BCUT2D eigenvalue weighted by Crippen LogP contribution is -2.47. The highest BCUT2D eigenvalue weighted by Gasteiger charge is 2.30. The van der Waals surface area contributed by atoms with Crippen molar-refractivity contribution in [3.63, 3.8) is 0 Å². The van der Waals surface area contributed by atoms with Crippen LogP contribution in [-0.4, -0.2) is 77.5 Å². The van der Waals surface area contributed by atoms with Gasteiger partial charge in [-0.1, -0.05) is 49.2 Å². The lowest BCUT2D eigenvalue weighted by molar-refractivity contribution is 0.0699. The largest absolute Gasteiger partial charge is 0.455 e. The first-order valence-corrected chi connectivity index (χ1v) is 21.7. The van der Waals surface area contributed by atoms with Gasteiger partial charge < -0.3 is 30.4 Å². The van der Waals surface area contributed by atoms with E-state index >= 15 is 0 Å². The van der Waals surface area contributed by atoms with E-state index in [-0.39, 0.29) is 5.56 Å². The van der Waals surface area contributed by atoms with Gasteiger partial charge in [0.25, 0.3) is 5.91 Å². The molecule has 1 unspecified atom stereocenters. The number of nitrogen functional groups attached to an aromatic ring is 1. The number of fused-ring (bicyclic) bond motifs is 1. The molecule has 5 N–H and O–H groups in total. The third-order valence-electron chi connectivity index (χ3n) is 11.9. The van der Waals surface area contributed by atoms with Gasteiger partial charge >= 0.3 is 0 Å². The number of hydrogen-bond donors (Lipinski definition) is 4. The summed E-state index contributed by atoms with van der Waals surface area (Å²) in [5, 5.41) is 4.31. The van der Waals surface area contributed by atoms with E-state index in [0.717, 1.165) is 101 Å². The SMILES string of the molecule is Cc1ccc(C2=C(CN3CCN(c4ccc(C(=O)NS(=O)c5ccc(NCC6CCOCC6)c(N)c5)c(Oc5cnc6[nH]ccc6c5)c4)CC3)CCC(C)(C)C2)cc1. The number of aryl methyl sites for hydroxylation is 1. The minimum atomic E-state index is -1.86. The molecule has 0 saturated carbocycles. The Balaban J connectivity index is 0.968. The van der Waals surface area contributed by atoms with Gasteiger partial charge in [0.2, 0.25) is 0 Å². The predicted octanol–water partition coefficient (Wildman–Crippen LogP) is 8.32. The summed E-state index contributed by atoms with van der Waals surface area (Å²) in [6, 6.07) is 23.7. The number of hydrogen-bond acceptors (Lipinski definition) is 9. The molecule has 2 fully saturated rings. The molecule has 12 heteroatoms. The van der Waals surface area contributed by atoms with Crippen LogP contribution in [-0.2, 0) is 15.7 Å². The Morgan fingerprint density at radius 3 is 2.59 bits per heavy atom. The van der Waals surface area contributed by atoms with Crippen LogP contribution in [0.15, 0.2) is 95.7 Å². The van der Waals surface area contributed by atoms with Gasteiger partial charge in [0.15, 0.2) is 11.0 Å². The fraction of sp³-hybridized carbons (Fsp3) is 0.391. The molecule has 11 nitrogen and oxygen atoms in total. The molecule has 8 rings (SSSR count). The minimum absolute atomic E-state index is 0.267. The van der Waals surface area contributed by atoms with Crippen LogP contribution in [0.1, 0.15) is 67.4 Å². The van der Waals surface area contributed by atoms with Crippen LogP contribution in [0.5, 0.6) is 11.5 Å². The van der Waals surface area contributed by atoms with Crippen LogP contribution in [0.25, 0.3) is 16.6 Å². The van der Waals surface area contributed by atoms with Crippen molar-refractivity contribution in [1.82, 2.24) is 19.6 Å². The second-order valence-corrected chi connectivity index (χ2v) is 18.0. The Kier molecular flexibility index (Phi) is 11.9. The zero-order chi connectivity index (χ0) is 40.2. The highest BCUT2D eigenvalue weighted by atomic mass is 32.2. The number of benzene rings is 3. The first kappa shape index (κ1) is 39.6. The Morgan fingerprint density at radius 2 is 1.81 bits per heavy atom. The first-order valence-electron chi connectivity index (χ1n) is 20.5. The molecule has 58 heavy (non-hydrogen) atoms. The van der Waals surface area contributed by atoms with E-state index in [9.17, 15) is 9.00 Å². The third kappa shape index (κ3) is 9.41. The molecule has 2 saturated heterocycles. The van der Waals surface area contributed by atoms with Gasteiger partial charge in [0.1, 0.15) is 17.1 Å². The predicted molar refractivity (Wildman–Crippen MR) is 234 cm³/mol. The number of H-pyrrole nitrogens is 1. The van der Waals surface area contributed by atoms with Gasteiger partial charge in [-0.25, -0.2) is 9.19 Å². The number of nitrogens with zero attached hydrogens (tertiary/aromatic N) is 3. The van der Waals surface area contributed by atoms with Crippen molar-refractivity contribution in [3.8, 4) is 11.5 Å². The molecule has 0 spiro atoms. The summed E-state index contributed by atoms with van der Waals surface area (Å²) >= 11 is 0. The van der Waals surface area contributed by atoms with Gasteiger partial charge in [0, 0.05) is 75.8 Å². The van der Waals surface area contributed by atoms with Crippen LogP contribution in [0.3, 0.4) is 0 Å². The van der Waals surface area contributed by atoms with Gasteiger partial charge in [-0.15, -0.1) is 0 Å². The molecule has 3 aromatic carbocycles. The molecule has 3 aliphatic rings. The highest BCUT2D eigenvalue weighted by Crippen LogP contribution is 2.43. The van der Waals surface area contributed by atoms with Crippen molar-refractivity contribution >= 4 is 50.6 Å². The zero-order valence-corrected chi connectivity index (χ0v) is 34.6. The molecule has 1 atom stereocenters. The quantitative estimate of drug-likeness (QED) is 0.0919. The molecule has 2 aromatic heterocycles. The van der Waals surface area contributed by atoms with E-state index in [1.54, 1.807) is 30.0 Å². The molecule has 304 valence electrons. The molecular formula is C46H55N7O4S. The number of amides is 1. The van der Waals surface area contributed by atoms with Crippen LogP contribution < -0.4 is 25.4 Å². The fourth-order valence-electron chi connectivity index (χ4n) is 8.30. The number of nitrogens with two attached hydrogens (primary N) is 1. The van der Waals surface area contributed by atoms with Crippen molar-refractivity contribution < 1.29 is 18.5 Å². The summed E-state index contributed by atoms with van der Waals surface area (Å²) in [5.41, 5.74) is 15.6. The Labute approximate surface area is 344 Å². The van der Waals surface area contributed by atoms with Crippen molar-refractivity contribution in [2.45, 2.75) is 57.8 Å². The Bertz CT molecular complexity index is 2310. The number of allylic oxidation sites excluding steroid dienone is 1. The molecule has 0 radical (unpaired) electrons. The minimum Gasteiger partial charge on any atom is -0.455 e. The monoisotopic (exact) mass is 801 g/mol. The number of piperazine rings is 1. The normalized spacial score (nSPS) is 18.3. The van der Waals surface area contributed by atoms with E-state index in [2.05, 4.69) is 74.8 Å². The third-order valence-corrected chi connectivity index (χ3v) is 12.9. The summed E-state index contributed by atoms with van der Waals surface area (Å²) in [4.78, 5) is 26.8. The topological polar surface area (TPSA) is 138 Å². The van der Waals surface area contributed by atoms with Crippen molar-refractivity contribution in [2.75, 3.05) is 68.4 Å². The summed E-state index contributed by atoms with van der Waals surface area (Å²) in [6.45, 7) is 13.8. The lowest BCUT2D eigenvalue weighted by Gasteiger charge is -2.39. The van der Waals surface area contributed by atoms with Crippen molar-refractivity contribution in [2.24, 2.45) is 11.3 Å². The first-order chi connectivity index (χ1) is 28.1. The number of rotatable bonds is 12. The van der Waals surface area contributed by atoms with E-state index in [4.69, 9.17) is 15.2 Å². The number of aromatic nitrogens is 2. The van der Waals surface area contributed by atoms with E-state index < -0.39 is 16.9 Å². The second-order valence-electron chi connectivity index (χ2n) is 16.8. The smallest absolute Gasteiger partial charge is 0.266 e. The summed E-state index contributed by atoms with van der Waals surface area (Å²) in [7, 11) is -1.86. The van der Waals surface area contributed by atoms with Gasteiger partial charge in [0.05, 0.1) is 28.0 Å². The molecule has 1 aliphatic carbocycles. The number of ether oxygens (including phenoxy) is 2. The molecule has 4 heterocycles. The maximum atomic E-state index is 13.9. The average Bonchev–Trinajstić information content (AvgIpc) is 3.70. The Hall–Kier alpha value is -5.17. The molecule has 5 aromatic rings. The second kappa shape index (κ2) is 17.4. The maximum Gasteiger partial charge on any atom is 0.266 e. The van der Waals surface area contributed by atoms with E-state index in [0.29, 0.717) is 33.4 Å². The molecule has 0 bridgehead atoms. The van der Waals surface area contributed by atoms with Crippen molar-refractivity contribution in [3.05, 3.63) is 107 Å². The number of carbonyl (C=O) groups is 1. The van der Waals surface area contributed by atoms with Crippen molar-refractivity contribution in [1.29, 1.82) is 0 Å². The average molecular weight is 802 g/mol. The molecule has 2 aliphatic heterocycles.